The Balaban J connectivity index is 2.34. The zero-order valence-electron chi connectivity index (χ0n) is 11.0. The molecule has 0 spiro atoms. The monoisotopic (exact) mass is 282 g/mol. The van der Waals surface area contributed by atoms with E-state index in [9.17, 15) is 0 Å². The number of benzene rings is 2. The number of nitrogen functional groups attached to an aromatic ring is 1. The zero-order valence-corrected chi connectivity index (χ0v) is 11.8. The van der Waals surface area contributed by atoms with E-state index in [0.717, 1.165) is 31.8 Å². The fourth-order valence-corrected chi connectivity index (χ4v) is 3.23. The highest BCUT2D eigenvalue weighted by Crippen LogP contribution is 2.40. The summed E-state index contributed by atoms with van der Waals surface area (Å²) in [7, 11) is 1.67. The van der Waals surface area contributed by atoms with Crippen molar-refractivity contribution in [3.05, 3.63) is 53.4 Å². The summed E-state index contributed by atoms with van der Waals surface area (Å²) >= 11 is 1.53. The summed E-state index contributed by atoms with van der Waals surface area (Å²) in [6, 6.07) is 16.1. The number of nitrogens with one attached hydrogen (secondary N) is 1. The number of nitrogens with two attached hydrogens (primary N) is 1. The van der Waals surface area contributed by atoms with E-state index in [2.05, 4.69) is 12.1 Å². The Morgan fingerprint density at radius 3 is 2.55 bits per heavy atom. The van der Waals surface area contributed by atoms with Crippen LogP contribution >= 0.6 is 11.3 Å². The van der Waals surface area contributed by atoms with Gasteiger partial charge in [-0.25, -0.2) is 0 Å². The first-order chi connectivity index (χ1) is 9.70. The van der Waals surface area contributed by atoms with E-state index >= 15 is 0 Å². The largest absolute Gasteiger partial charge is 0.496 e. The van der Waals surface area contributed by atoms with Gasteiger partial charge in [-0.15, -0.1) is 11.3 Å². The molecule has 0 aliphatic heterocycles. The maximum atomic E-state index is 7.60. The normalized spacial score (nSPS) is 10.7. The molecule has 1 aromatic heterocycles. The average Bonchev–Trinajstić information content (AvgIpc) is 2.91. The molecule has 3 aromatic rings. The molecule has 0 fully saturated rings. The van der Waals surface area contributed by atoms with E-state index in [4.69, 9.17) is 15.9 Å². The Morgan fingerprint density at radius 1 is 1.15 bits per heavy atom. The Morgan fingerprint density at radius 2 is 1.90 bits per heavy atom. The molecule has 3 N–H and O–H groups in total. The van der Waals surface area contributed by atoms with E-state index in [-0.39, 0.29) is 5.84 Å². The van der Waals surface area contributed by atoms with Crippen LogP contribution in [0.4, 0.5) is 0 Å². The lowest BCUT2D eigenvalue weighted by atomic mass is 10.0. The van der Waals surface area contributed by atoms with Crippen molar-refractivity contribution in [2.75, 3.05) is 7.11 Å². The van der Waals surface area contributed by atoms with Crippen LogP contribution < -0.4 is 10.5 Å². The number of hydrogen-bond acceptors (Lipinski definition) is 3. The third-order valence-corrected chi connectivity index (χ3v) is 4.34. The smallest absolute Gasteiger partial charge is 0.133 e. The van der Waals surface area contributed by atoms with E-state index in [0.29, 0.717) is 0 Å². The topological polar surface area (TPSA) is 59.1 Å². The van der Waals surface area contributed by atoms with Crippen LogP contribution in [0.3, 0.4) is 0 Å². The minimum absolute atomic E-state index is 0.101. The van der Waals surface area contributed by atoms with Gasteiger partial charge in [0, 0.05) is 15.6 Å². The number of hydrogen-bond donors (Lipinski definition) is 2. The average molecular weight is 282 g/mol. The van der Waals surface area contributed by atoms with E-state index in [1.54, 1.807) is 7.11 Å². The molecule has 3 nitrogen and oxygen atoms in total. The summed E-state index contributed by atoms with van der Waals surface area (Å²) in [5.41, 5.74) is 7.75. The number of thiophene rings is 1. The molecule has 3 rings (SSSR count). The molecule has 0 bridgehead atoms. The van der Waals surface area contributed by atoms with Gasteiger partial charge < -0.3 is 10.5 Å². The van der Waals surface area contributed by atoms with Crippen molar-refractivity contribution in [2.24, 2.45) is 5.73 Å². The molecule has 100 valence electrons. The van der Waals surface area contributed by atoms with Crippen molar-refractivity contribution < 1.29 is 4.74 Å². The van der Waals surface area contributed by atoms with Gasteiger partial charge in [-0.2, -0.15) is 0 Å². The first kappa shape index (κ1) is 12.7. The molecular formula is C16H14N2OS. The molecule has 20 heavy (non-hydrogen) atoms. The molecule has 0 unspecified atom stereocenters. The SMILES string of the molecule is COc1ccc2sc(C(=N)N)cc2c1-c1ccccc1. The third kappa shape index (κ3) is 2.04. The zero-order chi connectivity index (χ0) is 14.1. The van der Waals surface area contributed by atoms with Gasteiger partial charge >= 0.3 is 0 Å². The number of fused-ring (bicyclic) bond motifs is 1. The van der Waals surface area contributed by atoms with Crippen LogP contribution in [0.25, 0.3) is 21.2 Å². The molecule has 4 heteroatoms. The molecule has 1 heterocycles. The molecule has 0 amide bonds. The van der Waals surface area contributed by atoms with Crippen molar-refractivity contribution in [1.82, 2.24) is 0 Å². The second kappa shape index (κ2) is 4.98. The quantitative estimate of drug-likeness (QED) is 0.566. The van der Waals surface area contributed by atoms with Gasteiger partial charge in [-0.05, 0) is 23.8 Å². The Labute approximate surface area is 121 Å². The van der Waals surface area contributed by atoms with Crippen LogP contribution in [0, 0.1) is 5.41 Å². The van der Waals surface area contributed by atoms with E-state index in [1.165, 1.54) is 11.3 Å². The highest BCUT2D eigenvalue weighted by Gasteiger charge is 2.14. The standard InChI is InChI=1S/C16H14N2OS/c1-19-12-7-8-13-11(9-14(20-13)16(17)18)15(12)10-5-3-2-4-6-10/h2-9H,1H3,(H3,17,18). The number of methoxy groups -OCH3 is 1. The summed E-state index contributed by atoms with van der Waals surface area (Å²) in [4.78, 5) is 0.783. The highest BCUT2D eigenvalue weighted by molar-refractivity contribution is 7.20. The summed E-state index contributed by atoms with van der Waals surface area (Å²) in [5.74, 6) is 0.931. The van der Waals surface area contributed by atoms with Gasteiger partial charge in [0.2, 0.25) is 0 Å². The molecule has 0 saturated carbocycles. The summed E-state index contributed by atoms with van der Waals surface area (Å²) in [6.07, 6.45) is 0. The molecule has 2 aromatic carbocycles. The van der Waals surface area contributed by atoms with E-state index in [1.807, 2.05) is 36.4 Å². The molecule has 0 radical (unpaired) electrons. The summed E-state index contributed by atoms with van der Waals surface area (Å²) in [6.45, 7) is 0. The predicted octanol–water partition coefficient (Wildman–Crippen LogP) is 3.86. The van der Waals surface area contributed by atoms with Crippen LogP contribution in [0.2, 0.25) is 0 Å². The molecule has 0 aliphatic rings. The minimum atomic E-state index is 0.101. The van der Waals surface area contributed by atoms with Gasteiger partial charge in [0.05, 0.1) is 12.0 Å². The molecular weight excluding hydrogens is 268 g/mol. The van der Waals surface area contributed by atoms with Gasteiger partial charge in [0.25, 0.3) is 0 Å². The van der Waals surface area contributed by atoms with Crippen LogP contribution in [0.15, 0.2) is 48.5 Å². The first-order valence-corrected chi connectivity index (χ1v) is 7.02. The Bertz CT molecular complexity index is 778. The van der Waals surface area contributed by atoms with Crippen LogP contribution in [0.5, 0.6) is 5.75 Å². The number of amidine groups is 1. The summed E-state index contributed by atoms with van der Waals surface area (Å²) in [5, 5.41) is 8.67. The third-order valence-electron chi connectivity index (χ3n) is 3.21. The van der Waals surface area contributed by atoms with Crippen molar-refractivity contribution in [2.45, 2.75) is 0 Å². The van der Waals surface area contributed by atoms with Gasteiger partial charge in [0.15, 0.2) is 0 Å². The van der Waals surface area contributed by atoms with Gasteiger partial charge in [-0.3, -0.25) is 5.41 Å². The highest BCUT2D eigenvalue weighted by atomic mass is 32.1. The van der Waals surface area contributed by atoms with Gasteiger partial charge in [-0.1, -0.05) is 30.3 Å². The maximum absolute atomic E-state index is 7.60. The Kier molecular flexibility index (Phi) is 3.16. The Hall–Kier alpha value is -2.33. The second-order valence-corrected chi connectivity index (χ2v) is 5.53. The summed E-state index contributed by atoms with van der Waals surface area (Å²) < 4.78 is 6.60. The van der Waals surface area contributed by atoms with Crippen molar-refractivity contribution >= 4 is 27.3 Å². The second-order valence-electron chi connectivity index (χ2n) is 4.44. The lowest BCUT2D eigenvalue weighted by Crippen LogP contribution is -2.08. The first-order valence-electron chi connectivity index (χ1n) is 6.21. The lowest BCUT2D eigenvalue weighted by Gasteiger charge is -2.10. The van der Waals surface area contributed by atoms with Crippen molar-refractivity contribution in [3.8, 4) is 16.9 Å². The molecule has 0 atom stereocenters. The predicted molar refractivity (Wildman–Crippen MR) is 84.8 cm³/mol. The maximum Gasteiger partial charge on any atom is 0.133 e. The fraction of sp³-hybridized carbons (Fsp3) is 0.0625. The lowest BCUT2D eigenvalue weighted by molar-refractivity contribution is 0.417. The van der Waals surface area contributed by atoms with Crippen LogP contribution in [0.1, 0.15) is 4.88 Å². The molecule has 0 saturated heterocycles. The minimum Gasteiger partial charge on any atom is -0.496 e. The van der Waals surface area contributed by atoms with Crippen molar-refractivity contribution in [1.29, 1.82) is 5.41 Å². The fourth-order valence-electron chi connectivity index (χ4n) is 2.30. The van der Waals surface area contributed by atoms with E-state index < -0.39 is 0 Å². The number of rotatable bonds is 3. The number of ether oxygens (including phenoxy) is 1. The van der Waals surface area contributed by atoms with Gasteiger partial charge in [0.1, 0.15) is 11.6 Å². The van der Waals surface area contributed by atoms with Crippen LogP contribution in [-0.2, 0) is 0 Å². The van der Waals surface area contributed by atoms with Crippen molar-refractivity contribution in [3.63, 3.8) is 0 Å². The van der Waals surface area contributed by atoms with Crippen LogP contribution in [-0.4, -0.2) is 12.9 Å². The molecule has 0 aliphatic carbocycles.